The molecule has 0 unspecified atom stereocenters. The van der Waals surface area contributed by atoms with Gasteiger partial charge in [-0.2, -0.15) is 0 Å². The molecule has 148 valence electrons. The SMILES string of the molecule is CC(=O)N1CCc2ccc(NC(=O)c3ccc(S(=O)(=O)N(C)C)cc3)cc2C1. The van der Waals surface area contributed by atoms with E-state index in [9.17, 15) is 18.0 Å². The zero-order valence-corrected chi connectivity index (χ0v) is 16.9. The molecule has 0 saturated carbocycles. The highest BCUT2D eigenvalue weighted by molar-refractivity contribution is 7.89. The van der Waals surface area contributed by atoms with E-state index in [1.54, 1.807) is 11.8 Å². The highest BCUT2D eigenvalue weighted by atomic mass is 32.2. The third-order valence-corrected chi connectivity index (χ3v) is 6.65. The average Bonchev–Trinajstić information content (AvgIpc) is 2.67. The van der Waals surface area contributed by atoms with E-state index < -0.39 is 10.0 Å². The number of amides is 2. The lowest BCUT2D eigenvalue weighted by molar-refractivity contribution is -0.129. The van der Waals surface area contributed by atoms with Crippen molar-refractivity contribution in [1.82, 2.24) is 9.21 Å². The summed E-state index contributed by atoms with van der Waals surface area (Å²) in [6.07, 6.45) is 0.797. The Labute approximate surface area is 165 Å². The Morgan fingerprint density at radius 2 is 1.71 bits per heavy atom. The van der Waals surface area contributed by atoms with Crippen LogP contribution in [-0.2, 0) is 27.8 Å². The summed E-state index contributed by atoms with van der Waals surface area (Å²) in [6.45, 7) is 2.79. The van der Waals surface area contributed by atoms with Gasteiger partial charge in [-0.25, -0.2) is 12.7 Å². The van der Waals surface area contributed by atoms with Gasteiger partial charge in [-0.15, -0.1) is 0 Å². The van der Waals surface area contributed by atoms with Gasteiger partial charge in [0, 0.05) is 45.4 Å². The Bertz CT molecular complexity index is 1010. The van der Waals surface area contributed by atoms with E-state index in [4.69, 9.17) is 0 Å². The van der Waals surface area contributed by atoms with Crippen LogP contribution >= 0.6 is 0 Å². The molecule has 0 bridgehead atoms. The Balaban J connectivity index is 1.75. The Morgan fingerprint density at radius 1 is 1.04 bits per heavy atom. The molecule has 2 amide bonds. The van der Waals surface area contributed by atoms with Crippen LogP contribution in [0.25, 0.3) is 0 Å². The van der Waals surface area contributed by atoms with Gasteiger partial charge in [0.1, 0.15) is 0 Å². The van der Waals surface area contributed by atoms with Crippen LogP contribution in [0.15, 0.2) is 47.4 Å². The van der Waals surface area contributed by atoms with Crippen LogP contribution in [0.2, 0.25) is 0 Å². The molecular formula is C20H23N3O4S. The second-order valence-electron chi connectivity index (χ2n) is 6.94. The fraction of sp³-hybridized carbons (Fsp3) is 0.300. The van der Waals surface area contributed by atoms with Crippen molar-refractivity contribution in [2.75, 3.05) is 26.0 Å². The number of benzene rings is 2. The lowest BCUT2D eigenvalue weighted by Gasteiger charge is -2.28. The monoisotopic (exact) mass is 401 g/mol. The smallest absolute Gasteiger partial charge is 0.255 e. The zero-order valence-electron chi connectivity index (χ0n) is 16.1. The molecule has 2 aromatic rings. The number of fused-ring (bicyclic) bond motifs is 1. The minimum absolute atomic E-state index is 0.0351. The van der Waals surface area contributed by atoms with Crippen molar-refractivity contribution >= 4 is 27.5 Å². The quantitative estimate of drug-likeness (QED) is 0.850. The molecule has 1 aliphatic rings. The van der Waals surface area contributed by atoms with Crippen molar-refractivity contribution < 1.29 is 18.0 Å². The van der Waals surface area contributed by atoms with Crippen LogP contribution in [0.1, 0.15) is 28.4 Å². The Hall–Kier alpha value is -2.71. The summed E-state index contributed by atoms with van der Waals surface area (Å²) in [7, 11) is -0.616. The molecule has 7 nitrogen and oxygen atoms in total. The standard InChI is InChI=1S/C20H23N3O4S/c1-14(24)23-11-10-15-4-7-18(12-17(15)13-23)21-20(25)16-5-8-19(9-6-16)28(26,27)22(2)3/h4-9,12H,10-11,13H2,1-3H3,(H,21,25). The number of nitrogens with zero attached hydrogens (tertiary/aromatic N) is 2. The van der Waals surface area contributed by atoms with Gasteiger partial charge in [-0.1, -0.05) is 6.07 Å². The van der Waals surface area contributed by atoms with Crippen molar-refractivity contribution in [3.05, 3.63) is 59.2 Å². The lowest BCUT2D eigenvalue weighted by atomic mass is 9.99. The van der Waals surface area contributed by atoms with Crippen LogP contribution in [0.5, 0.6) is 0 Å². The fourth-order valence-corrected chi connectivity index (χ4v) is 4.00. The third kappa shape index (κ3) is 4.07. The van der Waals surface area contributed by atoms with Crippen LogP contribution in [0, 0.1) is 0 Å². The van der Waals surface area contributed by atoms with E-state index in [0.717, 1.165) is 16.3 Å². The molecule has 8 heteroatoms. The fourth-order valence-electron chi connectivity index (χ4n) is 3.10. The molecule has 0 radical (unpaired) electrons. The number of carbonyl (C=O) groups excluding carboxylic acids is 2. The molecule has 0 fully saturated rings. The largest absolute Gasteiger partial charge is 0.338 e. The molecule has 1 heterocycles. The molecule has 3 rings (SSSR count). The van der Waals surface area contributed by atoms with Crippen LogP contribution < -0.4 is 5.32 Å². The van der Waals surface area contributed by atoms with Crippen molar-refractivity contribution in [3.63, 3.8) is 0 Å². The molecule has 0 saturated heterocycles. The predicted molar refractivity (Wildman–Crippen MR) is 107 cm³/mol. The van der Waals surface area contributed by atoms with Gasteiger partial charge in [0.05, 0.1) is 4.90 Å². The van der Waals surface area contributed by atoms with Gasteiger partial charge < -0.3 is 10.2 Å². The summed E-state index contributed by atoms with van der Waals surface area (Å²) in [5.74, 6) is -0.291. The van der Waals surface area contributed by atoms with Gasteiger partial charge in [0.15, 0.2) is 0 Å². The number of nitrogens with one attached hydrogen (secondary N) is 1. The Kier molecular flexibility index (Phi) is 5.53. The first-order valence-corrected chi connectivity index (χ1v) is 10.3. The van der Waals surface area contributed by atoms with E-state index in [0.29, 0.717) is 24.3 Å². The lowest BCUT2D eigenvalue weighted by Crippen LogP contribution is -2.34. The van der Waals surface area contributed by atoms with E-state index in [1.165, 1.54) is 43.9 Å². The summed E-state index contributed by atoms with van der Waals surface area (Å²) in [5, 5.41) is 2.83. The van der Waals surface area contributed by atoms with Crippen LogP contribution in [-0.4, -0.2) is 50.1 Å². The number of rotatable bonds is 4. The summed E-state index contributed by atoms with van der Waals surface area (Å²) in [5.41, 5.74) is 3.19. The van der Waals surface area contributed by atoms with Crippen molar-refractivity contribution in [3.8, 4) is 0 Å². The normalized spacial score (nSPS) is 13.9. The molecule has 0 aromatic heterocycles. The third-order valence-electron chi connectivity index (χ3n) is 4.82. The zero-order chi connectivity index (χ0) is 20.5. The Morgan fingerprint density at radius 3 is 2.32 bits per heavy atom. The first-order chi connectivity index (χ1) is 13.2. The molecule has 0 atom stereocenters. The maximum atomic E-state index is 12.5. The molecule has 1 aliphatic heterocycles. The second-order valence-corrected chi connectivity index (χ2v) is 9.09. The number of anilines is 1. The molecule has 2 aromatic carbocycles. The van der Waals surface area contributed by atoms with Gasteiger partial charge in [0.25, 0.3) is 5.91 Å². The molecule has 1 N–H and O–H groups in total. The predicted octanol–water partition coefficient (Wildman–Crippen LogP) is 2.09. The summed E-state index contributed by atoms with van der Waals surface area (Å²) < 4.78 is 25.3. The van der Waals surface area contributed by atoms with E-state index >= 15 is 0 Å². The van der Waals surface area contributed by atoms with Crippen molar-refractivity contribution in [2.24, 2.45) is 0 Å². The molecule has 0 spiro atoms. The van der Waals surface area contributed by atoms with Gasteiger partial charge in [0.2, 0.25) is 15.9 Å². The maximum Gasteiger partial charge on any atom is 0.255 e. The van der Waals surface area contributed by atoms with Crippen LogP contribution in [0.3, 0.4) is 0 Å². The van der Waals surface area contributed by atoms with Crippen LogP contribution in [0.4, 0.5) is 5.69 Å². The van der Waals surface area contributed by atoms with Crippen molar-refractivity contribution in [2.45, 2.75) is 24.8 Å². The van der Waals surface area contributed by atoms with E-state index in [2.05, 4.69) is 5.32 Å². The first kappa shape index (κ1) is 20.0. The minimum Gasteiger partial charge on any atom is -0.338 e. The molecule has 0 aliphatic carbocycles. The first-order valence-electron chi connectivity index (χ1n) is 8.90. The van der Waals surface area contributed by atoms with E-state index in [-0.39, 0.29) is 16.7 Å². The highest BCUT2D eigenvalue weighted by Gasteiger charge is 2.20. The summed E-state index contributed by atoms with van der Waals surface area (Å²) in [4.78, 5) is 26.0. The topological polar surface area (TPSA) is 86.8 Å². The number of hydrogen-bond acceptors (Lipinski definition) is 4. The van der Waals surface area contributed by atoms with Gasteiger partial charge in [-0.05, 0) is 53.9 Å². The average molecular weight is 401 g/mol. The number of carbonyl (C=O) groups is 2. The molecule has 28 heavy (non-hydrogen) atoms. The minimum atomic E-state index is -3.53. The highest BCUT2D eigenvalue weighted by Crippen LogP contribution is 2.23. The summed E-state index contributed by atoms with van der Waals surface area (Å²) in [6, 6.07) is 11.5. The second kappa shape index (κ2) is 7.73. The van der Waals surface area contributed by atoms with Gasteiger partial charge in [-0.3, -0.25) is 9.59 Å². The maximum absolute atomic E-state index is 12.5. The number of sulfonamides is 1. The number of hydrogen-bond donors (Lipinski definition) is 1. The van der Waals surface area contributed by atoms with Crippen molar-refractivity contribution in [1.29, 1.82) is 0 Å². The van der Waals surface area contributed by atoms with E-state index in [1.807, 2.05) is 18.2 Å². The van der Waals surface area contributed by atoms with Gasteiger partial charge >= 0.3 is 0 Å². The summed E-state index contributed by atoms with van der Waals surface area (Å²) >= 11 is 0. The molecular weight excluding hydrogens is 378 g/mol.